The fourth-order valence-corrected chi connectivity index (χ4v) is 3.15. The molecule has 0 spiro atoms. The first-order valence-corrected chi connectivity index (χ1v) is 9.72. The Morgan fingerprint density at radius 1 is 1.25 bits per heavy atom. The van der Waals surface area contributed by atoms with E-state index in [1.54, 1.807) is 43.5 Å². The molecule has 2 aromatic heterocycles. The first-order chi connectivity index (χ1) is 15.3. The molecule has 1 amide bonds. The SMILES string of the molecule is CC(CNc1nc(Nc2ccc3c(c2)CC(=O)N3)ncc1C(F)(F)F)Oc1cccnc1. The van der Waals surface area contributed by atoms with Crippen LogP contribution in [-0.2, 0) is 17.4 Å². The van der Waals surface area contributed by atoms with E-state index >= 15 is 0 Å². The lowest BCUT2D eigenvalue weighted by molar-refractivity contribution is -0.137. The van der Waals surface area contributed by atoms with Gasteiger partial charge in [-0.05, 0) is 42.8 Å². The van der Waals surface area contributed by atoms with E-state index in [4.69, 9.17) is 4.74 Å². The lowest BCUT2D eigenvalue weighted by Gasteiger charge is -2.18. The van der Waals surface area contributed by atoms with Crippen molar-refractivity contribution in [1.29, 1.82) is 0 Å². The van der Waals surface area contributed by atoms with Gasteiger partial charge < -0.3 is 20.7 Å². The molecule has 1 aliphatic rings. The molecule has 0 saturated heterocycles. The molecule has 0 bridgehead atoms. The van der Waals surface area contributed by atoms with Gasteiger partial charge >= 0.3 is 6.18 Å². The first-order valence-electron chi connectivity index (χ1n) is 9.72. The number of halogens is 3. The van der Waals surface area contributed by atoms with Crippen LogP contribution in [0, 0.1) is 0 Å². The highest BCUT2D eigenvalue weighted by Crippen LogP contribution is 2.34. The standard InChI is InChI=1S/C21H19F3N6O2/c1-12(32-15-3-2-6-25-10-15)9-26-19-16(21(22,23)24)11-27-20(30-19)28-14-4-5-17-13(7-14)8-18(31)29-17/h2-7,10-12H,8-9H2,1H3,(H,29,31)(H2,26,27,28,30). The van der Waals surface area contributed by atoms with Gasteiger partial charge in [0.25, 0.3) is 0 Å². The van der Waals surface area contributed by atoms with Crippen LogP contribution in [0.15, 0.2) is 48.9 Å². The Hall–Kier alpha value is -3.89. The molecule has 0 aliphatic carbocycles. The Morgan fingerprint density at radius 3 is 2.84 bits per heavy atom. The van der Waals surface area contributed by atoms with Gasteiger partial charge in [-0.3, -0.25) is 9.78 Å². The second-order valence-electron chi connectivity index (χ2n) is 7.17. The number of aromatic nitrogens is 3. The van der Waals surface area contributed by atoms with E-state index < -0.39 is 17.8 Å². The molecule has 166 valence electrons. The molecule has 1 unspecified atom stereocenters. The van der Waals surface area contributed by atoms with Gasteiger partial charge in [0.1, 0.15) is 23.2 Å². The maximum Gasteiger partial charge on any atom is 0.421 e. The Labute approximate surface area is 181 Å². The smallest absolute Gasteiger partial charge is 0.421 e. The molecule has 3 heterocycles. The van der Waals surface area contributed by atoms with Crippen LogP contribution in [0.5, 0.6) is 5.75 Å². The third kappa shape index (κ3) is 5.05. The van der Waals surface area contributed by atoms with E-state index in [1.165, 1.54) is 6.20 Å². The predicted octanol–water partition coefficient (Wildman–Crippen LogP) is 4.01. The predicted molar refractivity (Wildman–Crippen MR) is 112 cm³/mol. The Morgan fingerprint density at radius 2 is 2.09 bits per heavy atom. The summed E-state index contributed by atoms with van der Waals surface area (Å²) < 4.78 is 46.0. The number of anilines is 4. The van der Waals surface area contributed by atoms with Crippen molar-refractivity contribution >= 4 is 29.0 Å². The molecule has 11 heteroatoms. The van der Waals surface area contributed by atoms with Gasteiger partial charge in [-0.15, -0.1) is 0 Å². The second-order valence-corrected chi connectivity index (χ2v) is 7.17. The molecule has 8 nitrogen and oxygen atoms in total. The van der Waals surface area contributed by atoms with Crippen molar-refractivity contribution in [2.24, 2.45) is 0 Å². The quantitative estimate of drug-likeness (QED) is 0.506. The summed E-state index contributed by atoms with van der Waals surface area (Å²) in [7, 11) is 0. The van der Waals surface area contributed by atoms with Crippen LogP contribution in [0.3, 0.4) is 0 Å². The number of fused-ring (bicyclic) bond motifs is 1. The highest BCUT2D eigenvalue weighted by molar-refractivity contribution is 5.99. The normalized spacial score (nSPS) is 13.8. The lowest BCUT2D eigenvalue weighted by atomic mass is 10.1. The zero-order chi connectivity index (χ0) is 22.7. The highest BCUT2D eigenvalue weighted by Gasteiger charge is 2.35. The molecule has 1 atom stereocenters. The number of nitrogens with zero attached hydrogens (tertiary/aromatic N) is 3. The van der Waals surface area contributed by atoms with Gasteiger partial charge in [0.15, 0.2) is 0 Å². The van der Waals surface area contributed by atoms with Crippen LogP contribution in [0.4, 0.5) is 36.3 Å². The molecule has 32 heavy (non-hydrogen) atoms. The fourth-order valence-electron chi connectivity index (χ4n) is 3.15. The van der Waals surface area contributed by atoms with Crippen molar-refractivity contribution in [2.45, 2.75) is 25.6 Å². The minimum absolute atomic E-state index is 0.0152. The van der Waals surface area contributed by atoms with Gasteiger partial charge in [0.2, 0.25) is 11.9 Å². The molecule has 0 radical (unpaired) electrons. The van der Waals surface area contributed by atoms with Crippen LogP contribution < -0.4 is 20.7 Å². The van der Waals surface area contributed by atoms with Crippen molar-refractivity contribution in [2.75, 3.05) is 22.5 Å². The van der Waals surface area contributed by atoms with Crippen LogP contribution in [-0.4, -0.2) is 33.5 Å². The number of amides is 1. The minimum atomic E-state index is -4.63. The number of benzene rings is 1. The number of carbonyl (C=O) groups excluding carboxylic acids is 1. The van der Waals surface area contributed by atoms with E-state index in [2.05, 4.69) is 30.9 Å². The number of rotatable bonds is 7. The first kappa shape index (κ1) is 21.3. The summed E-state index contributed by atoms with van der Waals surface area (Å²) in [5.74, 6) is 0.0118. The lowest BCUT2D eigenvalue weighted by Crippen LogP contribution is -2.25. The Balaban J connectivity index is 1.50. The zero-order valence-corrected chi connectivity index (χ0v) is 16.9. The summed E-state index contributed by atoms with van der Waals surface area (Å²) in [6.45, 7) is 1.79. The van der Waals surface area contributed by atoms with Crippen LogP contribution in [0.2, 0.25) is 0 Å². The van der Waals surface area contributed by atoms with Gasteiger partial charge in [-0.25, -0.2) is 4.98 Å². The summed E-state index contributed by atoms with van der Waals surface area (Å²) in [5, 5.41) is 8.31. The van der Waals surface area contributed by atoms with Gasteiger partial charge in [-0.1, -0.05) is 0 Å². The van der Waals surface area contributed by atoms with E-state index in [0.29, 0.717) is 17.1 Å². The number of nitrogens with one attached hydrogen (secondary N) is 3. The van der Waals surface area contributed by atoms with E-state index in [0.717, 1.165) is 11.8 Å². The monoisotopic (exact) mass is 444 g/mol. The molecule has 3 aromatic rings. The number of alkyl halides is 3. The number of hydrogen-bond acceptors (Lipinski definition) is 7. The van der Waals surface area contributed by atoms with Crippen LogP contribution in [0.25, 0.3) is 0 Å². The van der Waals surface area contributed by atoms with Gasteiger partial charge in [0, 0.05) is 23.8 Å². The molecular weight excluding hydrogens is 425 g/mol. The van der Waals surface area contributed by atoms with E-state index in [-0.39, 0.29) is 30.6 Å². The summed E-state index contributed by atoms with van der Waals surface area (Å²) in [6, 6.07) is 8.53. The average molecular weight is 444 g/mol. The van der Waals surface area contributed by atoms with Gasteiger partial charge in [-0.2, -0.15) is 18.2 Å². The number of hydrogen-bond donors (Lipinski definition) is 3. The maximum atomic E-state index is 13.4. The molecule has 0 fully saturated rings. The molecule has 4 rings (SSSR count). The van der Waals surface area contributed by atoms with E-state index in [1.807, 2.05) is 0 Å². The fraction of sp³-hybridized carbons (Fsp3) is 0.238. The van der Waals surface area contributed by atoms with Gasteiger partial charge in [0.05, 0.1) is 19.2 Å². The van der Waals surface area contributed by atoms with Crippen molar-refractivity contribution in [3.8, 4) is 5.75 Å². The summed E-state index contributed by atoms with van der Waals surface area (Å²) in [4.78, 5) is 23.3. The summed E-state index contributed by atoms with van der Waals surface area (Å²) >= 11 is 0. The van der Waals surface area contributed by atoms with Crippen molar-refractivity contribution in [3.05, 3.63) is 60.0 Å². The Bertz CT molecular complexity index is 1120. The largest absolute Gasteiger partial charge is 0.487 e. The van der Waals surface area contributed by atoms with Crippen molar-refractivity contribution in [3.63, 3.8) is 0 Å². The van der Waals surface area contributed by atoms with Crippen LogP contribution >= 0.6 is 0 Å². The zero-order valence-electron chi connectivity index (χ0n) is 16.9. The summed E-state index contributed by atoms with van der Waals surface area (Å²) in [6.07, 6.45) is -1.01. The third-order valence-corrected chi connectivity index (χ3v) is 4.61. The van der Waals surface area contributed by atoms with Crippen molar-refractivity contribution in [1.82, 2.24) is 15.0 Å². The molecule has 1 aromatic carbocycles. The molecule has 3 N–H and O–H groups in total. The van der Waals surface area contributed by atoms with Crippen molar-refractivity contribution < 1.29 is 22.7 Å². The van der Waals surface area contributed by atoms with Crippen LogP contribution in [0.1, 0.15) is 18.1 Å². The third-order valence-electron chi connectivity index (χ3n) is 4.61. The molecule has 1 aliphatic heterocycles. The maximum absolute atomic E-state index is 13.4. The average Bonchev–Trinajstić information content (AvgIpc) is 3.11. The topological polar surface area (TPSA) is 101 Å². The minimum Gasteiger partial charge on any atom is -0.487 e. The van der Waals surface area contributed by atoms with E-state index in [9.17, 15) is 18.0 Å². The number of carbonyl (C=O) groups is 1. The molecule has 0 saturated carbocycles. The highest BCUT2D eigenvalue weighted by atomic mass is 19.4. The molecular formula is C21H19F3N6O2. The summed E-state index contributed by atoms with van der Waals surface area (Å²) in [5.41, 5.74) is 1.06. The number of ether oxygens (including phenoxy) is 1. The second kappa shape index (κ2) is 8.69. The Kier molecular flexibility index (Phi) is 5.80. The number of pyridine rings is 1.